The molecule has 340 valence electrons. The van der Waals surface area contributed by atoms with Crippen molar-refractivity contribution in [1.82, 2.24) is 40.2 Å². The zero-order chi connectivity index (χ0) is 46.1. The van der Waals surface area contributed by atoms with Crippen LogP contribution < -0.4 is 20.3 Å². The number of carbonyl (C=O) groups is 2. The third kappa shape index (κ3) is 8.58. The predicted octanol–water partition coefficient (Wildman–Crippen LogP) is 7.06. The normalized spacial score (nSPS) is 16.5. The lowest BCUT2D eigenvalue weighted by molar-refractivity contribution is -0.142. The molecule has 3 N–H and O–H groups in total. The second-order valence-electron chi connectivity index (χ2n) is 16.3. The van der Waals surface area contributed by atoms with Crippen molar-refractivity contribution in [2.45, 2.75) is 64.2 Å². The van der Waals surface area contributed by atoms with Crippen LogP contribution in [0, 0.1) is 23.0 Å². The molecule has 2 aliphatic heterocycles. The van der Waals surface area contributed by atoms with Gasteiger partial charge in [-0.05, 0) is 61.6 Å². The molecule has 0 radical (unpaired) electrons. The summed E-state index contributed by atoms with van der Waals surface area (Å²) in [7, 11) is -2.23. The number of halogens is 7. The maximum Gasteiger partial charge on any atom is 0.435 e. The van der Waals surface area contributed by atoms with Crippen molar-refractivity contribution in [2.75, 3.05) is 35.5 Å². The molecule has 2 aliphatic rings. The number of pyridine rings is 1. The minimum atomic E-state index is -5.13. The number of fused-ring (bicyclic) bond motifs is 2. The van der Waals surface area contributed by atoms with Gasteiger partial charge in [-0.2, -0.15) is 37.1 Å². The van der Waals surface area contributed by atoms with Gasteiger partial charge in [0.1, 0.15) is 23.9 Å². The Hall–Kier alpha value is -5.84. The van der Waals surface area contributed by atoms with Gasteiger partial charge >= 0.3 is 6.18 Å². The molecule has 2 aromatic carbocycles. The van der Waals surface area contributed by atoms with E-state index in [2.05, 4.69) is 25.6 Å². The SMILES string of the molecule is CC[C@@H](C)C(F)(F)c1cc(C(F)(F)F)nn1CC(=O)N[C@@H](Cc1cc(F)cc(F)c1)c1nc2nc(N3CCC4(CC3)CNC4=O)sc2cc1-c1cccc2c(NS(C)(=O)=O)nn(C)c12. The lowest BCUT2D eigenvalue weighted by atomic mass is 9.73. The Kier molecular flexibility index (Phi) is 11.4. The van der Waals surface area contributed by atoms with E-state index in [0.717, 1.165) is 25.3 Å². The summed E-state index contributed by atoms with van der Waals surface area (Å²) in [5, 5.41) is 14.2. The minimum absolute atomic E-state index is 0.00284. The number of nitrogens with one attached hydrogen (secondary N) is 3. The van der Waals surface area contributed by atoms with E-state index < -0.39 is 75.0 Å². The Morgan fingerprint density at radius 2 is 1.70 bits per heavy atom. The van der Waals surface area contributed by atoms with Crippen molar-refractivity contribution in [3.05, 3.63) is 82.8 Å². The fourth-order valence-electron chi connectivity index (χ4n) is 8.24. The van der Waals surface area contributed by atoms with E-state index >= 15 is 8.78 Å². The number of piperidine rings is 1. The van der Waals surface area contributed by atoms with Gasteiger partial charge in [0.2, 0.25) is 21.8 Å². The topological polar surface area (TPSA) is 169 Å². The molecule has 0 bridgehead atoms. The predicted molar refractivity (Wildman–Crippen MR) is 224 cm³/mol. The standard InChI is InChI=1S/C41H41F7N10O4S2/c1-5-21(2)40(44,45)31-18-30(41(46,47)48)53-58(31)19-32(59)50-28(15-22-13-23(42)16-24(43)14-22)33-27(25-7-6-8-26-34(25)56(3)54-35(26)55-64(4,61)62)17-29-36(51-33)52-38(63-29)57-11-9-39(10-12-57)20-49-37(39)60/h6-8,13-14,16-18,21,28H,5,9-12,15,19-20H2,1-4H3,(H,49,60)(H,50,59)(H,54,55)/t21-,28+/m1/s1. The highest BCUT2D eigenvalue weighted by Gasteiger charge is 2.48. The Balaban J connectivity index is 1.27. The molecular formula is C41H41F7N10O4S2. The second-order valence-corrected chi connectivity index (χ2v) is 19.1. The number of carbonyl (C=O) groups excluding carboxylic acids is 2. The molecule has 2 atom stereocenters. The first kappa shape index (κ1) is 44.8. The molecule has 0 unspecified atom stereocenters. The Morgan fingerprint density at radius 3 is 2.31 bits per heavy atom. The highest BCUT2D eigenvalue weighted by molar-refractivity contribution is 7.92. The van der Waals surface area contributed by atoms with Crippen LogP contribution in [-0.2, 0) is 51.7 Å². The monoisotopic (exact) mass is 934 g/mol. The number of thiazole rings is 1. The second kappa shape index (κ2) is 16.3. The first-order chi connectivity index (χ1) is 30.0. The summed E-state index contributed by atoms with van der Waals surface area (Å²) in [6.45, 7) is 3.10. The number of alkyl halides is 5. The number of aryl methyl sites for hydroxylation is 1. The average molecular weight is 935 g/mol. The van der Waals surface area contributed by atoms with Crippen LogP contribution in [0.1, 0.15) is 61.8 Å². The van der Waals surface area contributed by atoms with Crippen molar-refractivity contribution < 1.29 is 48.7 Å². The third-order valence-corrected chi connectivity index (χ3v) is 13.5. The zero-order valence-corrected chi connectivity index (χ0v) is 36.3. The maximum atomic E-state index is 15.7. The van der Waals surface area contributed by atoms with Crippen LogP contribution in [0.4, 0.5) is 41.7 Å². The summed E-state index contributed by atoms with van der Waals surface area (Å²) in [6.07, 6.45) is -3.47. The molecule has 8 rings (SSSR count). The lowest BCUT2D eigenvalue weighted by Crippen LogP contribution is -2.62. The Bertz CT molecular complexity index is 2900. The molecule has 2 saturated heterocycles. The van der Waals surface area contributed by atoms with Crippen LogP contribution in [0.2, 0.25) is 0 Å². The summed E-state index contributed by atoms with van der Waals surface area (Å²) in [5.41, 5.74) is -1.80. The molecule has 6 heterocycles. The van der Waals surface area contributed by atoms with E-state index in [4.69, 9.17) is 9.97 Å². The summed E-state index contributed by atoms with van der Waals surface area (Å²) >= 11 is 1.29. The quantitative estimate of drug-likeness (QED) is 0.0811. The number of hydrogen-bond acceptors (Lipinski definition) is 10. The number of amides is 2. The van der Waals surface area contributed by atoms with Gasteiger partial charge in [-0.1, -0.05) is 37.3 Å². The highest BCUT2D eigenvalue weighted by atomic mass is 32.2. The first-order valence-electron chi connectivity index (χ1n) is 20.1. The number of aromatic nitrogens is 6. The molecule has 14 nitrogen and oxygen atoms in total. The van der Waals surface area contributed by atoms with Crippen molar-refractivity contribution in [1.29, 1.82) is 0 Å². The van der Waals surface area contributed by atoms with E-state index in [1.54, 1.807) is 31.3 Å². The summed E-state index contributed by atoms with van der Waals surface area (Å²) in [4.78, 5) is 38.3. The fraction of sp³-hybridized carbons (Fsp3) is 0.415. The molecule has 23 heteroatoms. The number of rotatable bonds is 13. The van der Waals surface area contributed by atoms with Gasteiger partial charge in [0.25, 0.3) is 5.92 Å². The molecule has 0 saturated carbocycles. The molecule has 6 aromatic rings. The van der Waals surface area contributed by atoms with E-state index in [0.29, 0.717) is 75.1 Å². The molecule has 2 fully saturated rings. The minimum Gasteiger partial charge on any atom is -0.354 e. The number of para-hydroxylation sites is 1. The smallest absolute Gasteiger partial charge is 0.354 e. The Morgan fingerprint density at radius 1 is 1.00 bits per heavy atom. The van der Waals surface area contributed by atoms with Gasteiger partial charge in [0, 0.05) is 55.2 Å². The molecular weight excluding hydrogens is 894 g/mol. The molecule has 0 aliphatic carbocycles. The van der Waals surface area contributed by atoms with Crippen molar-refractivity contribution in [3.8, 4) is 11.1 Å². The van der Waals surface area contributed by atoms with Crippen LogP contribution in [0.5, 0.6) is 0 Å². The number of benzene rings is 2. The van der Waals surface area contributed by atoms with Gasteiger partial charge in [0.05, 0.1) is 33.6 Å². The van der Waals surface area contributed by atoms with Crippen LogP contribution in [0.3, 0.4) is 0 Å². The maximum absolute atomic E-state index is 15.7. The number of anilines is 2. The summed E-state index contributed by atoms with van der Waals surface area (Å²) < 4.78 is 132. The van der Waals surface area contributed by atoms with Crippen molar-refractivity contribution in [3.63, 3.8) is 0 Å². The molecule has 2 amide bonds. The molecule has 1 spiro atoms. The first-order valence-corrected chi connectivity index (χ1v) is 22.8. The van der Waals surface area contributed by atoms with Crippen LogP contribution in [0.15, 0.2) is 48.5 Å². The highest BCUT2D eigenvalue weighted by Crippen LogP contribution is 2.43. The number of sulfonamides is 1. The molecule has 64 heavy (non-hydrogen) atoms. The van der Waals surface area contributed by atoms with Crippen LogP contribution in [0.25, 0.3) is 32.4 Å². The van der Waals surface area contributed by atoms with Crippen molar-refractivity contribution in [2.24, 2.45) is 18.4 Å². The van der Waals surface area contributed by atoms with E-state index in [1.807, 2.05) is 4.90 Å². The van der Waals surface area contributed by atoms with E-state index in [1.165, 1.54) is 22.9 Å². The lowest BCUT2D eigenvalue weighted by Gasteiger charge is -2.46. The van der Waals surface area contributed by atoms with Crippen LogP contribution >= 0.6 is 11.3 Å². The number of hydrogen-bond donors (Lipinski definition) is 3. The van der Waals surface area contributed by atoms with Crippen molar-refractivity contribution >= 4 is 65.4 Å². The summed E-state index contributed by atoms with van der Waals surface area (Å²) in [5.74, 6) is -8.25. The number of β-lactam (4-membered cyclic amide) rings is 1. The number of nitrogens with zero attached hydrogens (tertiary/aromatic N) is 7. The fourth-order valence-corrected chi connectivity index (χ4v) is 9.74. The van der Waals surface area contributed by atoms with Gasteiger partial charge in [0.15, 0.2) is 22.3 Å². The summed E-state index contributed by atoms with van der Waals surface area (Å²) in [6, 6.07) is 8.20. The zero-order valence-electron chi connectivity index (χ0n) is 34.7. The van der Waals surface area contributed by atoms with Gasteiger partial charge in [-0.3, -0.25) is 23.7 Å². The van der Waals surface area contributed by atoms with Gasteiger partial charge in [-0.15, -0.1) is 0 Å². The molecule has 4 aromatic heterocycles. The van der Waals surface area contributed by atoms with Crippen LogP contribution in [-0.4, -0.2) is 75.7 Å². The van der Waals surface area contributed by atoms with E-state index in [9.17, 15) is 40.0 Å². The van der Waals surface area contributed by atoms with Gasteiger partial charge in [-0.25, -0.2) is 22.2 Å². The third-order valence-electron chi connectivity index (χ3n) is 11.9. The largest absolute Gasteiger partial charge is 0.435 e. The van der Waals surface area contributed by atoms with E-state index in [-0.39, 0.29) is 47.5 Å². The Labute approximate surface area is 365 Å². The average Bonchev–Trinajstić information content (AvgIpc) is 3.93. The van der Waals surface area contributed by atoms with Gasteiger partial charge < -0.3 is 15.5 Å².